The molecule has 3 N–H and O–H groups in total. The van der Waals surface area contributed by atoms with Gasteiger partial charge in [-0.15, -0.1) is 0 Å². The van der Waals surface area contributed by atoms with Gasteiger partial charge in [-0.3, -0.25) is 0 Å². The molecule has 5 nitrogen and oxygen atoms in total. The number of rotatable bonds is 10. The summed E-state index contributed by atoms with van der Waals surface area (Å²) in [5.74, 6) is 0. The van der Waals surface area contributed by atoms with Crippen molar-refractivity contribution in [2.75, 3.05) is 40.1 Å². The van der Waals surface area contributed by atoms with E-state index in [2.05, 4.69) is 0 Å². The van der Waals surface area contributed by atoms with Gasteiger partial charge in [0.15, 0.2) is 0 Å². The van der Waals surface area contributed by atoms with Crippen LogP contribution in [0.2, 0.25) is 0 Å². The van der Waals surface area contributed by atoms with Crippen LogP contribution in [0.25, 0.3) is 0 Å². The Bertz CT molecular complexity index is 320. The molecule has 0 aromatic heterocycles. The smallest absolute Gasteiger partial charge is 0.0965 e. The summed E-state index contributed by atoms with van der Waals surface area (Å²) in [6.45, 7) is 2.23. The molecule has 0 bridgehead atoms. The molecule has 1 aromatic rings. The lowest BCUT2D eigenvalue weighted by Crippen LogP contribution is -2.30. The van der Waals surface area contributed by atoms with E-state index in [0.29, 0.717) is 26.4 Å². The monoisotopic (exact) mass is 269 g/mol. The van der Waals surface area contributed by atoms with E-state index in [1.54, 1.807) is 7.11 Å². The second kappa shape index (κ2) is 9.89. The molecule has 0 spiro atoms. The molecule has 1 aromatic carbocycles. The summed E-state index contributed by atoms with van der Waals surface area (Å²) >= 11 is 0. The third kappa shape index (κ3) is 6.66. The van der Waals surface area contributed by atoms with E-state index in [-0.39, 0.29) is 6.61 Å². The Labute approximate surface area is 114 Å². The van der Waals surface area contributed by atoms with Gasteiger partial charge in [0, 0.05) is 7.11 Å². The summed E-state index contributed by atoms with van der Waals surface area (Å²) in [6, 6.07) is 9.05. The normalized spacial score (nSPS) is 14.3. The van der Waals surface area contributed by atoms with Crippen molar-refractivity contribution in [2.45, 2.75) is 12.1 Å². The van der Waals surface area contributed by atoms with E-state index >= 15 is 0 Å². The van der Waals surface area contributed by atoms with E-state index in [4.69, 9.17) is 19.9 Å². The Hall–Kier alpha value is -0.980. The first-order valence-corrected chi connectivity index (χ1v) is 6.38. The van der Waals surface area contributed by atoms with Crippen LogP contribution in [0.3, 0.4) is 0 Å². The standard InChI is InChI=1S/C14H23NO4/c1-17-7-8-18-9-10-19-11-13(16)14(15)12-5-3-2-4-6-12/h2-6,13-14,16H,7-11,15H2,1H3/t13-,14+/m0/s1. The number of nitrogens with two attached hydrogens (primary N) is 1. The maximum Gasteiger partial charge on any atom is 0.0965 e. The average molecular weight is 269 g/mol. The first kappa shape index (κ1) is 16.1. The molecule has 0 heterocycles. The van der Waals surface area contributed by atoms with Crippen LogP contribution in [0.1, 0.15) is 11.6 Å². The van der Waals surface area contributed by atoms with Crippen LogP contribution < -0.4 is 5.73 Å². The molecular weight excluding hydrogens is 246 g/mol. The number of benzene rings is 1. The molecule has 108 valence electrons. The molecule has 19 heavy (non-hydrogen) atoms. The lowest BCUT2D eigenvalue weighted by molar-refractivity contribution is -0.0119. The van der Waals surface area contributed by atoms with Gasteiger partial charge in [-0.05, 0) is 5.56 Å². The van der Waals surface area contributed by atoms with Gasteiger partial charge >= 0.3 is 0 Å². The number of ether oxygens (including phenoxy) is 3. The van der Waals surface area contributed by atoms with Gasteiger partial charge in [-0.25, -0.2) is 0 Å². The number of methoxy groups -OCH3 is 1. The Morgan fingerprint density at radius 3 is 2.37 bits per heavy atom. The van der Waals surface area contributed by atoms with Crippen LogP contribution >= 0.6 is 0 Å². The number of hydrogen-bond donors (Lipinski definition) is 2. The summed E-state index contributed by atoms with van der Waals surface area (Å²) in [5, 5.41) is 9.90. The third-order valence-corrected chi connectivity index (χ3v) is 2.69. The quantitative estimate of drug-likeness (QED) is 0.612. The SMILES string of the molecule is COCCOCCOC[C@H](O)[C@H](N)c1ccccc1. The van der Waals surface area contributed by atoms with Gasteiger partial charge in [-0.2, -0.15) is 0 Å². The van der Waals surface area contributed by atoms with Crippen molar-refractivity contribution in [1.29, 1.82) is 0 Å². The molecule has 0 unspecified atom stereocenters. The highest BCUT2D eigenvalue weighted by atomic mass is 16.5. The van der Waals surface area contributed by atoms with Crippen LogP contribution in [0.4, 0.5) is 0 Å². The highest BCUT2D eigenvalue weighted by Gasteiger charge is 2.16. The van der Waals surface area contributed by atoms with E-state index < -0.39 is 12.1 Å². The lowest BCUT2D eigenvalue weighted by atomic mass is 10.0. The summed E-state index contributed by atoms with van der Waals surface area (Å²) in [4.78, 5) is 0. The van der Waals surface area contributed by atoms with Crippen LogP contribution in [0.15, 0.2) is 30.3 Å². The van der Waals surface area contributed by atoms with Gasteiger partial charge in [0.2, 0.25) is 0 Å². The molecule has 5 heteroatoms. The van der Waals surface area contributed by atoms with Gasteiger partial charge in [0.05, 0.1) is 45.2 Å². The van der Waals surface area contributed by atoms with E-state index in [1.165, 1.54) is 0 Å². The van der Waals surface area contributed by atoms with Gasteiger partial charge in [0.1, 0.15) is 0 Å². The Morgan fingerprint density at radius 1 is 1.05 bits per heavy atom. The summed E-state index contributed by atoms with van der Waals surface area (Å²) < 4.78 is 15.4. The highest BCUT2D eigenvalue weighted by molar-refractivity contribution is 5.19. The highest BCUT2D eigenvalue weighted by Crippen LogP contribution is 2.13. The maximum atomic E-state index is 9.90. The predicted molar refractivity (Wildman–Crippen MR) is 72.9 cm³/mol. The number of hydrogen-bond acceptors (Lipinski definition) is 5. The Morgan fingerprint density at radius 2 is 1.68 bits per heavy atom. The largest absolute Gasteiger partial charge is 0.389 e. The Kier molecular flexibility index (Phi) is 8.36. The molecule has 0 aliphatic rings. The van der Waals surface area contributed by atoms with Crippen molar-refractivity contribution in [3.05, 3.63) is 35.9 Å². The van der Waals surface area contributed by atoms with Crippen LogP contribution in [0.5, 0.6) is 0 Å². The van der Waals surface area contributed by atoms with Gasteiger partial charge in [0.25, 0.3) is 0 Å². The van der Waals surface area contributed by atoms with E-state index in [0.717, 1.165) is 5.56 Å². The minimum Gasteiger partial charge on any atom is -0.389 e. The minimum atomic E-state index is -0.721. The summed E-state index contributed by atoms with van der Waals surface area (Å²) in [6.07, 6.45) is -0.721. The fourth-order valence-corrected chi connectivity index (χ4v) is 1.57. The van der Waals surface area contributed by atoms with Crippen molar-refractivity contribution in [2.24, 2.45) is 5.73 Å². The second-order valence-electron chi connectivity index (χ2n) is 4.18. The molecule has 0 aliphatic heterocycles. The molecule has 1 rings (SSSR count). The van der Waals surface area contributed by atoms with Gasteiger partial charge < -0.3 is 25.1 Å². The predicted octanol–water partition coefficient (Wildman–Crippen LogP) is 0.727. The van der Waals surface area contributed by atoms with E-state index in [9.17, 15) is 5.11 Å². The number of aliphatic hydroxyl groups is 1. The van der Waals surface area contributed by atoms with Crippen molar-refractivity contribution in [1.82, 2.24) is 0 Å². The van der Waals surface area contributed by atoms with Crippen LogP contribution in [0, 0.1) is 0 Å². The molecule has 0 amide bonds. The average Bonchev–Trinajstić information content (AvgIpc) is 2.46. The van der Waals surface area contributed by atoms with Crippen molar-refractivity contribution >= 4 is 0 Å². The first-order chi connectivity index (χ1) is 9.25. The molecule has 2 atom stereocenters. The Balaban J connectivity index is 2.12. The minimum absolute atomic E-state index is 0.198. The van der Waals surface area contributed by atoms with Crippen LogP contribution in [-0.4, -0.2) is 51.4 Å². The zero-order chi connectivity index (χ0) is 13.9. The zero-order valence-corrected chi connectivity index (χ0v) is 11.3. The molecule has 0 saturated heterocycles. The second-order valence-corrected chi connectivity index (χ2v) is 4.18. The maximum absolute atomic E-state index is 9.90. The fourth-order valence-electron chi connectivity index (χ4n) is 1.57. The summed E-state index contributed by atoms with van der Waals surface area (Å²) in [7, 11) is 1.63. The lowest BCUT2D eigenvalue weighted by Gasteiger charge is -2.19. The van der Waals surface area contributed by atoms with Gasteiger partial charge in [-0.1, -0.05) is 30.3 Å². The summed E-state index contributed by atoms with van der Waals surface area (Å²) in [5.41, 5.74) is 6.84. The van der Waals surface area contributed by atoms with Crippen molar-refractivity contribution in [3.63, 3.8) is 0 Å². The first-order valence-electron chi connectivity index (χ1n) is 6.38. The van der Waals surface area contributed by atoms with Crippen molar-refractivity contribution in [3.8, 4) is 0 Å². The van der Waals surface area contributed by atoms with Crippen LogP contribution in [-0.2, 0) is 14.2 Å². The molecule has 0 radical (unpaired) electrons. The molecule has 0 fully saturated rings. The van der Waals surface area contributed by atoms with E-state index in [1.807, 2.05) is 30.3 Å². The topological polar surface area (TPSA) is 73.9 Å². The molecule has 0 saturated carbocycles. The fraction of sp³-hybridized carbons (Fsp3) is 0.571. The molecule has 0 aliphatic carbocycles. The zero-order valence-electron chi connectivity index (χ0n) is 11.3. The van der Waals surface area contributed by atoms with Crippen molar-refractivity contribution < 1.29 is 19.3 Å². The number of aliphatic hydroxyl groups excluding tert-OH is 1. The third-order valence-electron chi connectivity index (χ3n) is 2.69. The molecular formula is C14H23NO4.